The highest BCUT2D eigenvalue weighted by molar-refractivity contribution is 7.89. The average Bonchev–Trinajstić information content (AvgIpc) is 2.26. The van der Waals surface area contributed by atoms with E-state index in [0.29, 0.717) is 0 Å². The molecule has 114 valence electrons. The molecule has 0 saturated heterocycles. The molecule has 0 aliphatic heterocycles. The summed E-state index contributed by atoms with van der Waals surface area (Å²) in [5, 5.41) is 8.81. The topological polar surface area (TPSA) is 66.4 Å². The third kappa shape index (κ3) is 4.78. The van der Waals surface area contributed by atoms with Gasteiger partial charge in [-0.05, 0) is 17.7 Å². The molecule has 10 heteroatoms. The fourth-order valence-corrected chi connectivity index (χ4v) is 3.19. The Balaban J connectivity index is 2.98. The van der Waals surface area contributed by atoms with Crippen LogP contribution in [0.1, 0.15) is 12.0 Å². The number of hydrogen-bond donors (Lipinski definition) is 2. The lowest BCUT2D eigenvalue weighted by molar-refractivity contribution is -0.132. The first-order valence-electron chi connectivity index (χ1n) is 5.22. The second-order valence-electron chi connectivity index (χ2n) is 3.80. The third-order valence-corrected chi connectivity index (χ3v) is 4.54. The zero-order chi connectivity index (χ0) is 15.6. The van der Waals surface area contributed by atoms with Crippen LogP contribution in [0.15, 0.2) is 17.0 Å². The summed E-state index contributed by atoms with van der Waals surface area (Å²) in [7, 11) is -4.21. The molecule has 0 spiro atoms. The number of benzene rings is 1. The van der Waals surface area contributed by atoms with E-state index < -0.39 is 40.7 Å². The molecule has 4 nitrogen and oxygen atoms in total. The molecule has 0 saturated carbocycles. The van der Waals surface area contributed by atoms with Gasteiger partial charge >= 0.3 is 6.18 Å². The summed E-state index contributed by atoms with van der Waals surface area (Å²) < 4.78 is 61.4. The van der Waals surface area contributed by atoms with Crippen LogP contribution in [-0.4, -0.2) is 26.2 Å². The van der Waals surface area contributed by atoms with Gasteiger partial charge in [0, 0.05) is 11.6 Å². The van der Waals surface area contributed by atoms with Crippen LogP contribution in [0, 0.1) is 0 Å². The van der Waals surface area contributed by atoms with Gasteiger partial charge in [0.15, 0.2) is 0 Å². The number of aliphatic hydroxyl groups excluding tert-OH is 1. The Bertz CT molecular complexity index is 590. The molecule has 0 aliphatic carbocycles. The molecule has 0 fully saturated rings. The third-order valence-electron chi connectivity index (χ3n) is 2.26. The molecule has 0 radical (unpaired) electrons. The maximum atomic E-state index is 12.0. The Morgan fingerprint density at radius 3 is 2.30 bits per heavy atom. The smallest absolute Gasteiger partial charge is 0.390 e. The number of nitrogens with one attached hydrogen (secondary N) is 1. The molecular formula is C10H10Cl2F3NO3S. The van der Waals surface area contributed by atoms with Gasteiger partial charge in [0.1, 0.15) is 4.90 Å². The summed E-state index contributed by atoms with van der Waals surface area (Å²) in [4.78, 5) is -0.435. The Labute approximate surface area is 123 Å². The fourth-order valence-electron chi connectivity index (χ4n) is 1.30. The number of aliphatic hydroxyl groups is 1. The SMILES string of the molecule is O=S(=O)(NCCC(F)(F)F)c1cc(CO)c(Cl)cc1Cl. The van der Waals surface area contributed by atoms with Crippen molar-refractivity contribution in [3.05, 3.63) is 27.7 Å². The molecule has 0 heterocycles. The van der Waals surface area contributed by atoms with Gasteiger partial charge < -0.3 is 5.11 Å². The normalized spacial score (nSPS) is 12.7. The number of hydrogen-bond acceptors (Lipinski definition) is 3. The molecule has 0 atom stereocenters. The van der Waals surface area contributed by atoms with Crippen molar-refractivity contribution < 1.29 is 26.7 Å². The molecule has 0 amide bonds. The zero-order valence-electron chi connectivity index (χ0n) is 9.84. The predicted molar refractivity (Wildman–Crippen MR) is 68.2 cm³/mol. The van der Waals surface area contributed by atoms with Crippen molar-refractivity contribution in [1.82, 2.24) is 4.72 Å². The van der Waals surface area contributed by atoms with Crippen molar-refractivity contribution in [3.8, 4) is 0 Å². The Morgan fingerprint density at radius 2 is 1.80 bits per heavy atom. The van der Waals surface area contributed by atoms with Gasteiger partial charge in [-0.1, -0.05) is 23.2 Å². The number of rotatable bonds is 5. The van der Waals surface area contributed by atoms with Crippen LogP contribution >= 0.6 is 23.2 Å². The number of alkyl halides is 3. The second kappa shape index (κ2) is 6.48. The number of sulfonamides is 1. The molecule has 1 aromatic carbocycles. The van der Waals surface area contributed by atoms with Crippen molar-refractivity contribution in [3.63, 3.8) is 0 Å². The monoisotopic (exact) mass is 351 g/mol. The van der Waals surface area contributed by atoms with E-state index in [1.807, 2.05) is 0 Å². The molecular weight excluding hydrogens is 342 g/mol. The van der Waals surface area contributed by atoms with Crippen LogP contribution in [-0.2, 0) is 16.6 Å². The standard InChI is InChI=1S/C10H10Cl2F3NO3S/c11-7-4-8(12)9(3-6(7)5-17)20(18,19)16-2-1-10(13,14)15/h3-4,16-17H,1-2,5H2. The molecule has 0 bridgehead atoms. The largest absolute Gasteiger partial charge is 0.392 e. The van der Waals surface area contributed by atoms with Crippen molar-refractivity contribution in [2.45, 2.75) is 24.1 Å². The molecule has 0 aromatic heterocycles. The average molecular weight is 352 g/mol. The van der Waals surface area contributed by atoms with Gasteiger partial charge in [-0.15, -0.1) is 0 Å². The van der Waals surface area contributed by atoms with Crippen LogP contribution in [0.5, 0.6) is 0 Å². The highest BCUT2D eigenvalue weighted by Crippen LogP contribution is 2.29. The first-order chi connectivity index (χ1) is 9.07. The Kier molecular flexibility index (Phi) is 5.68. The van der Waals surface area contributed by atoms with E-state index in [4.69, 9.17) is 28.3 Å². The number of halogens is 5. The summed E-state index contributed by atoms with van der Waals surface area (Å²) in [6.45, 7) is -1.33. The van der Waals surface area contributed by atoms with Gasteiger partial charge in [0.05, 0.1) is 18.1 Å². The maximum absolute atomic E-state index is 12.0. The van der Waals surface area contributed by atoms with Crippen LogP contribution in [0.3, 0.4) is 0 Å². The summed E-state index contributed by atoms with van der Waals surface area (Å²) >= 11 is 11.4. The van der Waals surface area contributed by atoms with Crippen molar-refractivity contribution in [2.24, 2.45) is 0 Å². The van der Waals surface area contributed by atoms with Gasteiger partial charge in [0.2, 0.25) is 10.0 Å². The summed E-state index contributed by atoms with van der Waals surface area (Å²) in [5.74, 6) is 0. The first-order valence-corrected chi connectivity index (χ1v) is 7.46. The van der Waals surface area contributed by atoms with Gasteiger partial charge in [-0.25, -0.2) is 13.1 Å². The Hall–Kier alpha value is -0.540. The minimum Gasteiger partial charge on any atom is -0.392 e. The molecule has 1 aromatic rings. The highest BCUT2D eigenvalue weighted by atomic mass is 35.5. The Morgan fingerprint density at radius 1 is 1.20 bits per heavy atom. The maximum Gasteiger partial charge on any atom is 0.390 e. The van der Waals surface area contributed by atoms with E-state index in [1.165, 1.54) is 0 Å². The molecule has 0 aliphatic rings. The molecule has 0 unspecified atom stereocenters. The highest BCUT2D eigenvalue weighted by Gasteiger charge is 2.28. The van der Waals surface area contributed by atoms with Crippen molar-refractivity contribution >= 4 is 33.2 Å². The van der Waals surface area contributed by atoms with Crippen LogP contribution in [0.25, 0.3) is 0 Å². The summed E-state index contributed by atoms with van der Waals surface area (Å²) in [5.41, 5.74) is 0.104. The lowest BCUT2D eigenvalue weighted by Gasteiger charge is -2.11. The lowest BCUT2D eigenvalue weighted by atomic mass is 10.2. The van der Waals surface area contributed by atoms with Crippen LogP contribution < -0.4 is 4.72 Å². The fraction of sp³-hybridized carbons (Fsp3) is 0.400. The second-order valence-corrected chi connectivity index (χ2v) is 6.34. The van der Waals surface area contributed by atoms with E-state index in [0.717, 1.165) is 12.1 Å². The molecule has 2 N–H and O–H groups in total. The van der Waals surface area contributed by atoms with Crippen LogP contribution in [0.2, 0.25) is 10.0 Å². The van der Waals surface area contributed by atoms with E-state index in [1.54, 1.807) is 4.72 Å². The van der Waals surface area contributed by atoms with Gasteiger partial charge in [0.25, 0.3) is 0 Å². The van der Waals surface area contributed by atoms with Crippen LogP contribution in [0.4, 0.5) is 13.2 Å². The minimum atomic E-state index is -4.47. The van der Waals surface area contributed by atoms with Gasteiger partial charge in [-0.2, -0.15) is 13.2 Å². The van der Waals surface area contributed by atoms with Crippen molar-refractivity contribution in [2.75, 3.05) is 6.54 Å². The van der Waals surface area contributed by atoms with E-state index in [9.17, 15) is 21.6 Å². The zero-order valence-corrected chi connectivity index (χ0v) is 12.2. The molecule has 1 rings (SSSR count). The van der Waals surface area contributed by atoms with Crippen molar-refractivity contribution in [1.29, 1.82) is 0 Å². The molecule has 20 heavy (non-hydrogen) atoms. The minimum absolute atomic E-state index is 0.0618. The van der Waals surface area contributed by atoms with Gasteiger partial charge in [-0.3, -0.25) is 0 Å². The first kappa shape index (κ1) is 17.5. The predicted octanol–water partition coefficient (Wildman–Crippen LogP) is 2.72. The summed E-state index contributed by atoms with van der Waals surface area (Å²) in [6, 6.07) is 2.12. The van der Waals surface area contributed by atoms with E-state index >= 15 is 0 Å². The van der Waals surface area contributed by atoms with E-state index in [2.05, 4.69) is 0 Å². The quantitative estimate of drug-likeness (QED) is 0.856. The lowest BCUT2D eigenvalue weighted by Crippen LogP contribution is -2.28. The van der Waals surface area contributed by atoms with E-state index in [-0.39, 0.29) is 15.6 Å². The summed E-state index contributed by atoms with van der Waals surface area (Å²) in [6.07, 6.45) is -5.77.